The number of carbonyl (C=O) groups excluding carboxylic acids is 1. The fourth-order valence-corrected chi connectivity index (χ4v) is 4.57. The van der Waals surface area contributed by atoms with E-state index in [9.17, 15) is 14.0 Å². The number of benzene rings is 3. The van der Waals surface area contributed by atoms with Gasteiger partial charge >= 0.3 is 0 Å². The van der Waals surface area contributed by atoms with Crippen LogP contribution in [0.2, 0.25) is 0 Å². The summed E-state index contributed by atoms with van der Waals surface area (Å²) in [5, 5.41) is 0.396. The summed E-state index contributed by atoms with van der Waals surface area (Å²) < 4.78 is 26.2. The molecule has 172 valence electrons. The van der Waals surface area contributed by atoms with Crippen LogP contribution < -0.4 is 10.2 Å². The highest BCUT2D eigenvalue weighted by molar-refractivity contribution is 5.99. The van der Waals surface area contributed by atoms with Crippen molar-refractivity contribution in [3.8, 4) is 5.75 Å². The summed E-state index contributed by atoms with van der Waals surface area (Å²) in [4.78, 5) is 28.7. The van der Waals surface area contributed by atoms with Gasteiger partial charge in [0.15, 0.2) is 5.43 Å². The molecule has 0 bridgehead atoms. The van der Waals surface area contributed by atoms with Crippen molar-refractivity contribution < 1.29 is 18.3 Å². The molecule has 0 saturated carbocycles. The fourth-order valence-electron chi connectivity index (χ4n) is 4.57. The molecule has 1 atom stereocenters. The van der Waals surface area contributed by atoms with Crippen LogP contribution in [0, 0.1) is 19.7 Å². The Labute approximate surface area is 196 Å². The third-order valence-corrected chi connectivity index (χ3v) is 6.58. The smallest absolute Gasteiger partial charge is 0.290 e. The van der Waals surface area contributed by atoms with Crippen molar-refractivity contribution in [1.29, 1.82) is 0 Å². The summed E-state index contributed by atoms with van der Waals surface area (Å²) in [6.07, 6.45) is 0.528. The summed E-state index contributed by atoms with van der Waals surface area (Å²) in [6, 6.07) is 16.5. The molecule has 0 saturated heterocycles. The average Bonchev–Trinajstić information content (AvgIpc) is 3.11. The predicted molar refractivity (Wildman–Crippen MR) is 128 cm³/mol. The Morgan fingerprint density at radius 1 is 1.00 bits per heavy atom. The lowest BCUT2D eigenvalue weighted by Gasteiger charge is -2.25. The molecular formula is C28H24FNO4. The number of halogens is 1. The van der Waals surface area contributed by atoms with Crippen molar-refractivity contribution in [2.24, 2.45) is 0 Å². The molecule has 2 heterocycles. The van der Waals surface area contributed by atoms with E-state index in [0.29, 0.717) is 23.9 Å². The van der Waals surface area contributed by atoms with Gasteiger partial charge in [0.1, 0.15) is 17.1 Å². The van der Waals surface area contributed by atoms with Crippen LogP contribution in [-0.4, -0.2) is 24.5 Å². The van der Waals surface area contributed by atoms with Crippen molar-refractivity contribution >= 4 is 16.9 Å². The monoisotopic (exact) mass is 457 g/mol. The lowest BCUT2D eigenvalue weighted by molar-refractivity contribution is 0.0728. The highest BCUT2D eigenvalue weighted by Gasteiger charge is 2.43. The Morgan fingerprint density at radius 2 is 1.71 bits per heavy atom. The number of amides is 1. The Bertz CT molecular complexity index is 1470. The maximum Gasteiger partial charge on any atom is 0.290 e. The number of rotatable bonds is 5. The van der Waals surface area contributed by atoms with Crippen LogP contribution in [-0.2, 0) is 6.42 Å². The van der Waals surface area contributed by atoms with Crippen LogP contribution in [0.25, 0.3) is 11.0 Å². The van der Waals surface area contributed by atoms with Crippen LogP contribution in [0.5, 0.6) is 5.75 Å². The number of carbonyl (C=O) groups is 1. The number of methoxy groups -OCH3 is 1. The second-order valence-corrected chi connectivity index (χ2v) is 8.63. The van der Waals surface area contributed by atoms with Crippen molar-refractivity contribution in [2.45, 2.75) is 26.3 Å². The Hall–Kier alpha value is -3.93. The third kappa shape index (κ3) is 3.55. The maximum absolute atomic E-state index is 15.0. The minimum absolute atomic E-state index is 0.0104. The predicted octanol–water partition coefficient (Wildman–Crippen LogP) is 5.35. The lowest BCUT2D eigenvalue weighted by Crippen LogP contribution is -2.32. The number of nitrogens with zero attached hydrogens (tertiary/aromatic N) is 1. The van der Waals surface area contributed by atoms with Crippen LogP contribution >= 0.6 is 0 Å². The van der Waals surface area contributed by atoms with Gasteiger partial charge in [-0.05, 0) is 67.3 Å². The lowest BCUT2D eigenvalue weighted by atomic mass is 9.97. The molecule has 0 unspecified atom stereocenters. The maximum atomic E-state index is 15.0. The Kier molecular flexibility index (Phi) is 5.44. The number of hydrogen-bond acceptors (Lipinski definition) is 4. The summed E-state index contributed by atoms with van der Waals surface area (Å²) in [5.41, 5.74) is 3.44. The van der Waals surface area contributed by atoms with E-state index < -0.39 is 17.8 Å². The molecule has 6 heteroatoms. The van der Waals surface area contributed by atoms with E-state index in [1.54, 1.807) is 37.4 Å². The van der Waals surface area contributed by atoms with Gasteiger partial charge in [-0.15, -0.1) is 0 Å². The molecule has 5 nitrogen and oxygen atoms in total. The molecule has 3 aromatic carbocycles. The second-order valence-electron chi connectivity index (χ2n) is 8.63. The molecule has 0 N–H and O–H groups in total. The van der Waals surface area contributed by atoms with Gasteiger partial charge in [0.25, 0.3) is 5.91 Å². The average molecular weight is 458 g/mol. The molecule has 1 aromatic heterocycles. The third-order valence-electron chi connectivity index (χ3n) is 6.58. The van der Waals surface area contributed by atoms with Gasteiger partial charge in [-0.1, -0.05) is 30.3 Å². The van der Waals surface area contributed by atoms with E-state index in [2.05, 4.69) is 0 Å². The first kappa shape index (κ1) is 21.9. The van der Waals surface area contributed by atoms with Crippen LogP contribution in [0.4, 0.5) is 4.39 Å². The van der Waals surface area contributed by atoms with E-state index in [1.807, 2.05) is 38.1 Å². The van der Waals surface area contributed by atoms with Crippen molar-refractivity contribution in [1.82, 2.24) is 4.90 Å². The molecule has 0 aliphatic carbocycles. The first-order valence-corrected chi connectivity index (χ1v) is 11.2. The molecule has 0 fully saturated rings. The SMILES string of the molecule is COc1ccc(CCN2C(=O)c3oc4cc(C)c(C)cc4c(=O)c3[C@H]2c2ccccc2F)cc1. The van der Waals surface area contributed by atoms with Gasteiger partial charge in [0.05, 0.1) is 24.1 Å². The van der Waals surface area contributed by atoms with Gasteiger partial charge in [0.2, 0.25) is 5.76 Å². The minimum Gasteiger partial charge on any atom is -0.497 e. The number of hydrogen-bond donors (Lipinski definition) is 0. The number of aryl methyl sites for hydroxylation is 2. The summed E-state index contributed by atoms with van der Waals surface area (Å²) >= 11 is 0. The molecular weight excluding hydrogens is 433 g/mol. The largest absolute Gasteiger partial charge is 0.497 e. The standard InChI is InChI=1S/C28H24FNO4/c1-16-14-21-23(15-17(16)2)34-27-24(26(21)31)25(20-6-4-5-7-22(20)29)30(28(27)32)13-12-18-8-10-19(33-3)11-9-18/h4-11,14-15,25H,12-13H2,1-3H3/t25-/m1/s1. The molecule has 1 aliphatic heterocycles. The van der Waals surface area contributed by atoms with Crippen LogP contribution in [0.15, 0.2) is 69.9 Å². The molecule has 5 rings (SSSR count). The van der Waals surface area contributed by atoms with Gasteiger partial charge in [-0.25, -0.2) is 4.39 Å². The van der Waals surface area contributed by atoms with E-state index in [4.69, 9.17) is 9.15 Å². The second kappa shape index (κ2) is 8.45. The molecule has 4 aromatic rings. The highest BCUT2D eigenvalue weighted by atomic mass is 19.1. The molecule has 1 amide bonds. The zero-order valence-corrected chi connectivity index (χ0v) is 19.2. The topological polar surface area (TPSA) is 59.8 Å². The van der Waals surface area contributed by atoms with E-state index >= 15 is 0 Å². The number of ether oxygens (including phenoxy) is 1. The summed E-state index contributed by atoms with van der Waals surface area (Å²) in [5.74, 6) is -0.148. The molecule has 0 spiro atoms. The summed E-state index contributed by atoms with van der Waals surface area (Å²) in [7, 11) is 1.60. The van der Waals surface area contributed by atoms with Crippen molar-refractivity contribution in [3.63, 3.8) is 0 Å². The normalized spacial score (nSPS) is 15.1. The van der Waals surface area contributed by atoms with Crippen LogP contribution in [0.3, 0.4) is 0 Å². The van der Waals surface area contributed by atoms with Gasteiger partial charge in [0, 0.05) is 12.1 Å². The van der Waals surface area contributed by atoms with Gasteiger partial charge in [-0.2, -0.15) is 0 Å². The van der Waals surface area contributed by atoms with E-state index in [0.717, 1.165) is 22.4 Å². The Morgan fingerprint density at radius 3 is 2.41 bits per heavy atom. The van der Waals surface area contributed by atoms with E-state index in [1.165, 1.54) is 11.0 Å². The van der Waals surface area contributed by atoms with Crippen molar-refractivity contribution in [2.75, 3.05) is 13.7 Å². The zero-order valence-electron chi connectivity index (χ0n) is 19.2. The van der Waals surface area contributed by atoms with E-state index in [-0.39, 0.29) is 22.3 Å². The zero-order chi connectivity index (χ0) is 24.0. The molecule has 0 radical (unpaired) electrons. The quantitative estimate of drug-likeness (QED) is 0.406. The molecule has 34 heavy (non-hydrogen) atoms. The first-order chi connectivity index (χ1) is 16.4. The minimum atomic E-state index is -0.857. The first-order valence-electron chi connectivity index (χ1n) is 11.2. The number of fused-ring (bicyclic) bond motifs is 2. The van der Waals surface area contributed by atoms with Gasteiger partial charge in [-0.3, -0.25) is 9.59 Å². The van der Waals surface area contributed by atoms with Gasteiger partial charge < -0.3 is 14.1 Å². The van der Waals surface area contributed by atoms with Crippen molar-refractivity contribution in [3.05, 3.63) is 110 Å². The Balaban J connectivity index is 1.63. The molecule has 1 aliphatic rings. The van der Waals surface area contributed by atoms with Crippen LogP contribution in [0.1, 0.15) is 44.4 Å². The fraction of sp³-hybridized carbons (Fsp3) is 0.214. The highest BCUT2D eigenvalue weighted by Crippen LogP contribution is 2.39. The summed E-state index contributed by atoms with van der Waals surface area (Å²) in [6.45, 7) is 4.14.